The second-order valence-corrected chi connectivity index (χ2v) is 11.9. The van der Waals surface area contributed by atoms with Crippen LogP contribution in [0.3, 0.4) is 0 Å². The quantitative estimate of drug-likeness (QED) is 0.394. The predicted molar refractivity (Wildman–Crippen MR) is 165 cm³/mol. The first-order valence-corrected chi connectivity index (χ1v) is 15.9. The minimum Gasteiger partial charge on any atom is -0.373 e. The van der Waals surface area contributed by atoms with Gasteiger partial charge in [-0.25, -0.2) is 9.97 Å². The number of aromatic nitrogens is 4. The van der Waals surface area contributed by atoms with E-state index in [1.807, 2.05) is 24.5 Å². The summed E-state index contributed by atoms with van der Waals surface area (Å²) in [7, 11) is 0. The van der Waals surface area contributed by atoms with Crippen LogP contribution in [0.25, 0.3) is 11.0 Å². The molecule has 2 saturated heterocycles. The number of hydrogen-bond donors (Lipinski definition) is 3. The zero-order chi connectivity index (χ0) is 28.2. The van der Waals surface area contributed by atoms with Crippen molar-refractivity contribution < 1.29 is 5.11 Å². The lowest BCUT2D eigenvalue weighted by Crippen LogP contribution is -2.45. The molecule has 41 heavy (non-hydrogen) atoms. The van der Waals surface area contributed by atoms with Crippen molar-refractivity contribution in [3.05, 3.63) is 36.3 Å². The van der Waals surface area contributed by atoms with E-state index < -0.39 is 6.23 Å². The van der Waals surface area contributed by atoms with Gasteiger partial charge in [-0.15, -0.1) is 0 Å². The summed E-state index contributed by atoms with van der Waals surface area (Å²) in [5.41, 5.74) is 2.88. The van der Waals surface area contributed by atoms with E-state index in [0.717, 1.165) is 80.7 Å². The fourth-order valence-electron chi connectivity index (χ4n) is 7.06. The molecule has 0 aliphatic carbocycles. The third-order valence-electron chi connectivity index (χ3n) is 9.45. The number of anilines is 3. The Hall–Kier alpha value is -2.79. The first kappa shape index (κ1) is 28.3. The van der Waals surface area contributed by atoms with E-state index in [4.69, 9.17) is 9.97 Å². The van der Waals surface area contributed by atoms with Gasteiger partial charge in [0.25, 0.3) is 0 Å². The molecule has 2 fully saturated rings. The van der Waals surface area contributed by atoms with Crippen LogP contribution < -0.4 is 15.5 Å². The normalized spacial score (nSPS) is 23.3. The highest BCUT2D eigenvalue weighted by molar-refractivity contribution is 5.78. The molecule has 0 amide bonds. The van der Waals surface area contributed by atoms with Crippen LogP contribution in [0.1, 0.15) is 70.7 Å². The lowest BCUT2D eigenvalue weighted by atomic mass is 10.0. The first-order chi connectivity index (χ1) is 20.1. The minimum atomic E-state index is -0.697. The van der Waals surface area contributed by atoms with Crippen LogP contribution >= 0.6 is 0 Å². The topological polar surface area (TPSA) is 97.6 Å². The number of fused-ring (bicyclic) bond motifs is 3. The molecule has 0 spiro atoms. The van der Waals surface area contributed by atoms with Crippen LogP contribution in [0.2, 0.25) is 0 Å². The Morgan fingerprint density at radius 2 is 1.80 bits per heavy atom. The van der Waals surface area contributed by atoms with Crippen molar-refractivity contribution in [2.45, 2.75) is 83.6 Å². The zero-order valence-electron chi connectivity index (χ0n) is 24.8. The number of aryl methyl sites for hydroxylation is 1. The molecule has 2 unspecified atom stereocenters. The smallest absolute Gasteiger partial charge is 0.230 e. The lowest BCUT2D eigenvalue weighted by Gasteiger charge is -2.38. The van der Waals surface area contributed by atoms with E-state index in [0.29, 0.717) is 12.0 Å². The standard InChI is InChI=1S/C31H47N9O/c1-3-37(4-2)26-13-18-39(22-26)24-11-16-38(17-12-24)25-9-10-28(33-21-25)35-31-34-20-23-19-27-30(41)32-14-7-5-6-8-15-40(27)29(23)36-31/h9-10,19-21,24,26,30,32,41H,3-8,11-18,22H2,1-2H3,(H,33,34,35,36). The van der Waals surface area contributed by atoms with Crippen molar-refractivity contribution in [1.82, 2.24) is 34.6 Å². The fourth-order valence-corrected chi connectivity index (χ4v) is 7.06. The first-order valence-electron chi connectivity index (χ1n) is 15.9. The third kappa shape index (κ3) is 6.35. The maximum absolute atomic E-state index is 10.7. The van der Waals surface area contributed by atoms with E-state index in [2.05, 4.69) is 54.8 Å². The number of hydrogen-bond acceptors (Lipinski definition) is 9. The Labute approximate surface area is 244 Å². The number of aliphatic hydroxyl groups excluding tert-OH is 1. The van der Waals surface area contributed by atoms with Gasteiger partial charge in [0.1, 0.15) is 17.7 Å². The monoisotopic (exact) mass is 561 g/mol. The summed E-state index contributed by atoms with van der Waals surface area (Å²) in [5, 5.41) is 18.2. The van der Waals surface area contributed by atoms with Crippen LogP contribution in [-0.4, -0.2) is 92.3 Å². The molecule has 10 nitrogen and oxygen atoms in total. The molecule has 3 aliphatic rings. The van der Waals surface area contributed by atoms with Crippen molar-refractivity contribution in [2.24, 2.45) is 0 Å². The average Bonchev–Trinajstić information content (AvgIpc) is 3.63. The molecule has 3 aliphatic heterocycles. The number of likely N-dealkylation sites (tertiary alicyclic amines) is 1. The van der Waals surface area contributed by atoms with Gasteiger partial charge in [-0.3, -0.25) is 15.1 Å². The summed E-state index contributed by atoms with van der Waals surface area (Å²) in [6, 6.07) is 7.61. The molecule has 2 atom stereocenters. The van der Waals surface area contributed by atoms with E-state index in [9.17, 15) is 5.11 Å². The molecule has 0 bridgehead atoms. The van der Waals surface area contributed by atoms with Crippen LogP contribution in [-0.2, 0) is 6.54 Å². The molecule has 10 heteroatoms. The van der Waals surface area contributed by atoms with Crippen LogP contribution in [0.15, 0.2) is 30.6 Å². The van der Waals surface area contributed by atoms with Crippen molar-refractivity contribution >= 4 is 28.5 Å². The predicted octanol–water partition coefficient (Wildman–Crippen LogP) is 4.11. The fraction of sp³-hybridized carbons (Fsp3) is 0.645. The van der Waals surface area contributed by atoms with Gasteiger partial charge < -0.3 is 19.9 Å². The average molecular weight is 562 g/mol. The van der Waals surface area contributed by atoms with Gasteiger partial charge in [0.2, 0.25) is 5.95 Å². The molecule has 6 heterocycles. The number of aliphatic hydroxyl groups is 1. The van der Waals surface area contributed by atoms with Gasteiger partial charge in [-0.05, 0) is 69.9 Å². The molecule has 3 aromatic rings. The van der Waals surface area contributed by atoms with Crippen LogP contribution in [0, 0.1) is 0 Å². The molecule has 222 valence electrons. The van der Waals surface area contributed by atoms with Crippen molar-refractivity contribution in [3.8, 4) is 0 Å². The highest BCUT2D eigenvalue weighted by Gasteiger charge is 2.32. The second kappa shape index (κ2) is 13.0. The summed E-state index contributed by atoms with van der Waals surface area (Å²) >= 11 is 0. The van der Waals surface area contributed by atoms with E-state index in [1.165, 1.54) is 50.9 Å². The van der Waals surface area contributed by atoms with Gasteiger partial charge in [0, 0.05) is 56.4 Å². The largest absolute Gasteiger partial charge is 0.373 e. The van der Waals surface area contributed by atoms with Crippen molar-refractivity contribution in [3.63, 3.8) is 0 Å². The summed E-state index contributed by atoms with van der Waals surface area (Å²) in [6.45, 7) is 13.2. The van der Waals surface area contributed by atoms with Gasteiger partial charge in [0.15, 0.2) is 0 Å². The molecular weight excluding hydrogens is 514 g/mol. The minimum absolute atomic E-state index is 0.521. The van der Waals surface area contributed by atoms with Gasteiger partial charge in [0.05, 0.1) is 17.6 Å². The Bertz CT molecular complexity index is 1270. The van der Waals surface area contributed by atoms with Gasteiger partial charge in [-0.2, -0.15) is 4.98 Å². The Morgan fingerprint density at radius 1 is 0.976 bits per heavy atom. The molecule has 0 aromatic carbocycles. The number of likely N-dealkylation sites (N-methyl/N-ethyl adjacent to an activating group) is 1. The third-order valence-corrected chi connectivity index (χ3v) is 9.45. The van der Waals surface area contributed by atoms with Crippen molar-refractivity contribution in [2.75, 3.05) is 56.0 Å². The van der Waals surface area contributed by atoms with Crippen LogP contribution in [0.4, 0.5) is 17.5 Å². The molecule has 3 aromatic heterocycles. The zero-order valence-corrected chi connectivity index (χ0v) is 24.8. The lowest BCUT2D eigenvalue weighted by molar-refractivity contribution is 0.129. The SMILES string of the molecule is CCN(CC)C1CCN(C2CCN(c3ccc(Nc4ncc5cc6n(c5n4)CCCCCCNC6O)nc3)CC2)C1. The number of pyridine rings is 1. The van der Waals surface area contributed by atoms with E-state index in [-0.39, 0.29) is 0 Å². The van der Waals surface area contributed by atoms with Crippen LogP contribution in [0.5, 0.6) is 0 Å². The van der Waals surface area contributed by atoms with E-state index >= 15 is 0 Å². The Balaban J connectivity index is 1.07. The molecule has 3 N–H and O–H groups in total. The highest BCUT2D eigenvalue weighted by atomic mass is 16.3. The van der Waals surface area contributed by atoms with E-state index in [1.54, 1.807) is 0 Å². The number of rotatable bonds is 7. The van der Waals surface area contributed by atoms with Crippen molar-refractivity contribution in [1.29, 1.82) is 0 Å². The number of piperidine rings is 1. The van der Waals surface area contributed by atoms with Gasteiger partial charge >= 0.3 is 0 Å². The Kier molecular flexibility index (Phi) is 9.00. The molecule has 6 rings (SSSR count). The molecular formula is C31H47N9O. The highest BCUT2D eigenvalue weighted by Crippen LogP contribution is 2.28. The maximum Gasteiger partial charge on any atom is 0.230 e. The Morgan fingerprint density at radius 3 is 2.59 bits per heavy atom. The molecule has 0 saturated carbocycles. The summed E-state index contributed by atoms with van der Waals surface area (Å²) in [4.78, 5) is 21.9. The summed E-state index contributed by atoms with van der Waals surface area (Å²) in [6.07, 6.45) is 11.4. The molecule has 0 radical (unpaired) electrons. The van der Waals surface area contributed by atoms with Gasteiger partial charge in [-0.1, -0.05) is 26.7 Å². The summed E-state index contributed by atoms with van der Waals surface area (Å²) in [5.74, 6) is 1.25. The number of nitrogens with zero attached hydrogens (tertiary/aromatic N) is 7. The summed E-state index contributed by atoms with van der Waals surface area (Å²) < 4.78 is 2.14. The maximum atomic E-state index is 10.7. The number of nitrogens with one attached hydrogen (secondary N) is 2. The second-order valence-electron chi connectivity index (χ2n) is 11.9.